The van der Waals surface area contributed by atoms with Gasteiger partial charge in [-0.15, -0.1) is 0 Å². The first-order valence-electron chi connectivity index (χ1n) is 7.32. The molecule has 0 saturated carbocycles. The van der Waals surface area contributed by atoms with Gasteiger partial charge in [0.1, 0.15) is 0 Å². The topological polar surface area (TPSA) is 39.7 Å². The van der Waals surface area contributed by atoms with Crippen LogP contribution in [0, 0.1) is 5.82 Å². The lowest BCUT2D eigenvalue weighted by molar-refractivity contribution is 0.0687. The van der Waals surface area contributed by atoms with Crippen LogP contribution in [0.2, 0.25) is 0 Å². The minimum absolute atomic E-state index is 0.161. The van der Waals surface area contributed by atoms with Crippen LogP contribution < -0.4 is 10.1 Å². The zero-order valence-electron chi connectivity index (χ0n) is 13.2. The van der Waals surface area contributed by atoms with E-state index in [0.717, 1.165) is 31.6 Å². The van der Waals surface area contributed by atoms with Gasteiger partial charge in [-0.3, -0.25) is 0 Å². The van der Waals surface area contributed by atoms with Gasteiger partial charge in [0.05, 0.1) is 20.3 Å². The summed E-state index contributed by atoms with van der Waals surface area (Å²) in [6.07, 6.45) is 2.05. The fourth-order valence-corrected chi connectivity index (χ4v) is 1.96. The third kappa shape index (κ3) is 6.89. The molecule has 0 amide bonds. The molecule has 1 rings (SSSR count). The first-order chi connectivity index (χ1) is 10.2. The van der Waals surface area contributed by atoms with Gasteiger partial charge in [0, 0.05) is 19.8 Å². The summed E-state index contributed by atoms with van der Waals surface area (Å²) in [6, 6.07) is 5.12. The Morgan fingerprint density at radius 3 is 2.67 bits per heavy atom. The lowest BCUT2D eigenvalue weighted by atomic mass is 10.1. The number of ether oxygens (including phenoxy) is 3. The van der Waals surface area contributed by atoms with Crippen molar-refractivity contribution in [3.63, 3.8) is 0 Å². The van der Waals surface area contributed by atoms with Crippen molar-refractivity contribution >= 4 is 0 Å². The Bertz CT molecular complexity index is 401. The molecular formula is C16H26FNO3. The number of hydrogen-bond donors (Lipinski definition) is 1. The van der Waals surface area contributed by atoms with Gasteiger partial charge < -0.3 is 19.5 Å². The molecule has 4 nitrogen and oxygen atoms in total. The average molecular weight is 299 g/mol. The van der Waals surface area contributed by atoms with Gasteiger partial charge in [-0.05, 0) is 44.0 Å². The third-order valence-electron chi connectivity index (χ3n) is 3.27. The number of nitrogens with one attached hydrogen (secondary N) is 1. The Balaban J connectivity index is 2.20. The number of unbranched alkanes of at least 4 members (excludes halogenated alkanes) is 1. The van der Waals surface area contributed by atoms with E-state index in [1.165, 1.54) is 13.2 Å². The van der Waals surface area contributed by atoms with E-state index in [1.54, 1.807) is 19.2 Å². The van der Waals surface area contributed by atoms with E-state index >= 15 is 0 Å². The van der Waals surface area contributed by atoms with E-state index in [2.05, 4.69) is 12.2 Å². The van der Waals surface area contributed by atoms with Crippen LogP contribution in [0.1, 0.15) is 31.4 Å². The molecule has 0 saturated heterocycles. The van der Waals surface area contributed by atoms with Crippen LogP contribution in [-0.4, -0.2) is 40.6 Å². The monoisotopic (exact) mass is 299 g/mol. The summed E-state index contributed by atoms with van der Waals surface area (Å²) in [6.45, 7) is 5.00. The highest BCUT2D eigenvalue weighted by molar-refractivity contribution is 5.31. The first kappa shape index (κ1) is 17.9. The quantitative estimate of drug-likeness (QED) is 0.638. The van der Waals surface area contributed by atoms with Crippen LogP contribution in [0.3, 0.4) is 0 Å². The zero-order valence-corrected chi connectivity index (χ0v) is 13.2. The van der Waals surface area contributed by atoms with Crippen LogP contribution in [0.25, 0.3) is 0 Å². The molecule has 120 valence electrons. The molecule has 21 heavy (non-hydrogen) atoms. The summed E-state index contributed by atoms with van der Waals surface area (Å²) in [4.78, 5) is 0. The number of hydrogen-bond acceptors (Lipinski definition) is 4. The molecule has 1 atom stereocenters. The first-order valence-corrected chi connectivity index (χ1v) is 7.32. The molecule has 0 spiro atoms. The summed E-state index contributed by atoms with van der Waals surface area (Å²) in [5.41, 5.74) is 1.02. The van der Waals surface area contributed by atoms with Gasteiger partial charge in [0.25, 0.3) is 0 Å². The second-order valence-corrected chi connectivity index (χ2v) is 4.88. The van der Waals surface area contributed by atoms with Crippen LogP contribution in [-0.2, 0) is 9.47 Å². The molecular weight excluding hydrogens is 273 g/mol. The van der Waals surface area contributed by atoms with Gasteiger partial charge in [-0.2, -0.15) is 0 Å². The molecule has 0 aliphatic heterocycles. The maximum Gasteiger partial charge on any atom is 0.165 e. The Hall–Kier alpha value is -1.17. The molecule has 0 radical (unpaired) electrons. The summed E-state index contributed by atoms with van der Waals surface area (Å²) < 4.78 is 28.6. The fraction of sp³-hybridized carbons (Fsp3) is 0.625. The maximum atomic E-state index is 13.3. The van der Waals surface area contributed by atoms with Crippen molar-refractivity contribution < 1.29 is 18.6 Å². The molecule has 0 heterocycles. The third-order valence-corrected chi connectivity index (χ3v) is 3.27. The fourth-order valence-electron chi connectivity index (χ4n) is 1.96. The minimum atomic E-state index is -0.332. The second kappa shape index (κ2) is 10.5. The second-order valence-electron chi connectivity index (χ2n) is 4.88. The van der Waals surface area contributed by atoms with Crippen molar-refractivity contribution in [1.29, 1.82) is 0 Å². The molecule has 0 bridgehead atoms. The van der Waals surface area contributed by atoms with Crippen LogP contribution in [0.15, 0.2) is 18.2 Å². The SMILES string of the molecule is COCCOCCCCNC(C)c1ccc(F)c(OC)c1. The van der Waals surface area contributed by atoms with Gasteiger partial charge in [-0.25, -0.2) is 4.39 Å². The molecule has 0 aliphatic carbocycles. The van der Waals surface area contributed by atoms with E-state index in [4.69, 9.17) is 14.2 Å². The van der Waals surface area contributed by atoms with Crippen molar-refractivity contribution in [3.05, 3.63) is 29.6 Å². The molecule has 1 aromatic rings. The maximum absolute atomic E-state index is 13.3. The van der Waals surface area contributed by atoms with Crippen molar-refractivity contribution in [1.82, 2.24) is 5.32 Å². The van der Waals surface area contributed by atoms with Crippen molar-refractivity contribution in [3.8, 4) is 5.75 Å². The summed E-state index contributed by atoms with van der Waals surface area (Å²) in [5.74, 6) is -0.0469. The number of methoxy groups -OCH3 is 2. The lowest BCUT2D eigenvalue weighted by Gasteiger charge is -2.15. The Morgan fingerprint density at radius 2 is 1.95 bits per heavy atom. The predicted octanol–water partition coefficient (Wildman–Crippen LogP) is 2.93. The number of halogens is 1. The van der Waals surface area contributed by atoms with E-state index < -0.39 is 0 Å². The molecule has 1 N–H and O–H groups in total. The Labute approximate surface area is 126 Å². The Morgan fingerprint density at radius 1 is 1.14 bits per heavy atom. The van der Waals surface area contributed by atoms with Crippen LogP contribution >= 0.6 is 0 Å². The van der Waals surface area contributed by atoms with Crippen LogP contribution in [0.4, 0.5) is 4.39 Å². The molecule has 1 unspecified atom stereocenters. The largest absolute Gasteiger partial charge is 0.494 e. The van der Waals surface area contributed by atoms with Gasteiger partial charge in [-0.1, -0.05) is 6.07 Å². The molecule has 1 aromatic carbocycles. The van der Waals surface area contributed by atoms with E-state index in [0.29, 0.717) is 13.2 Å². The van der Waals surface area contributed by atoms with Crippen molar-refractivity contribution in [2.45, 2.75) is 25.8 Å². The highest BCUT2D eigenvalue weighted by atomic mass is 19.1. The summed E-state index contributed by atoms with van der Waals surface area (Å²) in [7, 11) is 3.14. The molecule has 0 aromatic heterocycles. The van der Waals surface area contributed by atoms with E-state index in [1.807, 2.05) is 0 Å². The van der Waals surface area contributed by atoms with Gasteiger partial charge in [0.2, 0.25) is 0 Å². The Kier molecular flexibility index (Phi) is 8.98. The minimum Gasteiger partial charge on any atom is -0.494 e. The molecule has 0 aliphatic rings. The molecule has 0 fully saturated rings. The highest BCUT2D eigenvalue weighted by Crippen LogP contribution is 2.22. The normalized spacial score (nSPS) is 12.4. The number of rotatable bonds is 11. The van der Waals surface area contributed by atoms with Crippen LogP contribution in [0.5, 0.6) is 5.75 Å². The molecule has 5 heteroatoms. The predicted molar refractivity (Wildman–Crippen MR) is 81.3 cm³/mol. The van der Waals surface area contributed by atoms with Crippen molar-refractivity contribution in [2.24, 2.45) is 0 Å². The number of benzene rings is 1. The average Bonchev–Trinajstić information content (AvgIpc) is 2.50. The van der Waals surface area contributed by atoms with E-state index in [-0.39, 0.29) is 17.6 Å². The smallest absolute Gasteiger partial charge is 0.165 e. The standard InChI is InChI=1S/C16H26FNO3/c1-13(14-6-7-15(17)16(12-14)20-3)18-8-4-5-9-21-11-10-19-2/h6-7,12-13,18H,4-5,8-11H2,1-3H3. The highest BCUT2D eigenvalue weighted by Gasteiger charge is 2.08. The summed E-state index contributed by atoms with van der Waals surface area (Å²) >= 11 is 0. The lowest BCUT2D eigenvalue weighted by Crippen LogP contribution is -2.20. The van der Waals surface area contributed by atoms with Gasteiger partial charge >= 0.3 is 0 Å². The van der Waals surface area contributed by atoms with Gasteiger partial charge in [0.15, 0.2) is 11.6 Å². The van der Waals surface area contributed by atoms with Crippen molar-refractivity contribution in [2.75, 3.05) is 40.6 Å². The van der Waals surface area contributed by atoms with E-state index in [9.17, 15) is 4.39 Å². The summed E-state index contributed by atoms with van der Waals surface area (Å²) in [5, 5.41) is 3.41. The zero-order chi connectivity index (χ0) is 15.5.